The van der Waals surface area contributed by atoms with E-state index >= 15 is 0 Å². The fourth-order valence-electron chi connectivity index (χ4n) is 4.43. The van der Waals surface area contributed by atoms with E-state index in [1.54, 1.807) is 6.07 Å². The number of nitrogens with two attached hydrogens (primary N) is 1. The molecule has 26 heavy (non-hydrogen) atoms. The average molecular weight is 350 g/mol. The molecule has 2 aromatic rings. The maximum absolute atomic E-state index is 9.95. The summed E-state index contributed by atoms with van der Waals surface area (Å²) in [5, 5.41) is 32.7. The molecule has 1 aromatic heterocycles. The molecule has 1 saturated heterocycles. The zero-order valence-electron chi connectivity index (χ0n) is 14.5. The second-order valence-electron chi connectivity index (χ2n) is 7.41. The summed E-state index contributed by atoms with van der Waals surface area (Å²) < 4.78 is 0. The van der Waals surface area contributed by atoms with Gasteiger partial charge in [-0.1, -0.05) is 6.07 Å². The number of phenolic OH excluding ortho intramolecular Hbond substituents is 2. The Morgan fingerprint density at radius 2 is 1.92 bits per heavy atom. The number of aryl methyl sites for hydroxylation is 1. The van der Waals surface area contributed by atoms with E-state index in [4.69, 9.17) is 5.73 Å². The second kappa shape index (κ2) is 6.19. The Kier molecular flexibility index (Phi) is 3.97. The van der Waals surface area contributed by atoms with Crippen molar-refractivity contribution in [1.82, 2.24) is 10.3 Å². The van der Waals surface area contributed by atoms with Crippen LogP contribution < -0.4 is 11.1 Å². The summed E-state index contributed by atoms with van der Waals surface area (Å²) in [6, 6.07) is 6.85. The first-order valence-corrected chi connectivity index (χ1v) is 8.97. The Morgan fingerprint density at radius 1 is 1.15 bits per heavy atom. The van der Waals surface area contributed by atoms with E-state index in [0.29, 0.717) is 11.1 Å². The van der Waals surface area contributed by atoms with Gasteiger partial charge < -0.3 is 21.3 Å². The van der Waals surface area contributed by atoms with Crippen molar-refractivity contribution < 1.29 is 10.2 Å². The Balaban J connectivity index is 1.91. The molecule has 6 heteroatoms. The number of hydrogen-bond donors (Lipinski definition) is 4. The first-order chi connectivity index (χ1) is 12.5. The number of hydrogen-bond acceptors (Lipinski definition) is 6. The van der Waals surface area contributed by atoms with Crippen LogP contribution in [-0.4, -0.2) is 28.3 Å². The lowest BCUT2D eigenvalue weighted by molar-refractivity contribution is 0.173. The average Bonchev–Trinajstić information content (AvgIpc) is 2.64. The fraction of sp³-hybridized carbons (Fsp3) is 0.400. The first-order valence-electron chi connectivity index (χ1n) is 8.97. The number of nitrogen functional groups attached to an aromatic ring is 1. The molecule has 0 amide bonds. The SMILES string of the molecule is N#Cc1c(N)nc2c(c1-c1ccc(O)c(O)c1)CC1(CCNCC1)CC2. The molecule has 5 N–H and O–H groups in total. The molecule has 0 unspecified atom stereocenters. The smallest absolute Gasteiger partial charge is 0.158 e. The number of anilines is 1. The van der Waals surface area contributed by atoms with Gasteiger partial charge in [-0.2, -0.15) is 5.26 Å². The Labute approximate surface area is 152 Å². The van der Waals surface area contributed by atoms with Crippen molar-refractivity contribution in [2.24, 2.45) is 5.41 Å². The normalized spacial score (nSPS) is 18.3. The van der Waals surface area contributed by atoms with Gasteiger partial charge in [0.15, 0.2) is 11.5 Å². The first kappa shape index (κ1) is 16.7. The molecule has 1 aliphatic heterocycles. The van der Waals surface area contributed by atoms with E-state index in [1.165, 1.54) is 12.1 Å². The van der Waals surface area contributed by atoms with Gasteiger partial charge in [-0.25, -0.2) is 4.98 Å². The molecule has 0 atom stereocenters. The number of nitriles is 1. The molecule has 1 spiro atoms. The highest BCUT2D eigenvalue weighted by atomic mass is 16.3. The molecular formula is C20H22N4O2. The zero-order valence-corrected chi connectivity index (χ0v) is 14.5. The maximum atomic E-state index is 9.95. The number of rotatable bonds is 1. The van der Waals surface area contributed by atoms with Crippen molar-refractivity contribution in [3.63, 3.8) is 0 Å². The highest BCUT2D eigenvalue weighted by molar-refractivity contribution is 5.80. The number of nitrogens with zero attached hydrogens (tertiary/aromatic N) is 2. The second-order valence-corrected chi connectivity index (χ2v) is 7.41. The van der Waals surface area contributed by atoms with E-state index < -0.39 is 0 Å². The third kappa shape index (κ3) is 2.65. The van der Waals surface area contributed by atoms with Crippen LogP contribution in [0.1, 0.15) is 36.1 Å². The van der Waals surface area contributed by atoms with Gasteiger partial charge >= 0.3 is 0 Å². The number of benzene rings is 1. The summed E-state index contributed by atoms with van der Waals surface area (Å²) in [6.07, 6.45) is 5.02. The minimum Gasteiger partial charge on any atom is -0.504 e. The topological polar surface area (TPSA) is 115 Å². The van der Waals surface area contributed by atoms with Crippen molar-refractivity contribution in [1.29, 1.82) is 5.26 Å². The molecule has 2 aliphatic rings. The molecule has 0 radical (unpaired) electrons. The minimum atomic E-state index is -0.206. The monoisotopic (exact) mass is 350 g/mol. The van der Waals surface area contributed by atoms with E-state index in [1.807, 2.05) is 0 Å². The highest BCUT2D eigenvalue weighted by Crippen LogP contribution is 2.46. The van der Waals surface area contributed by atoms with E-state index in [2.05, 4.69) is 16.4 Å². The van der Waals surface area contributed by atoms with Crippen molar-refractivity contribution in [2.45, 2.75) is 32.1 Å². The van der Waals surface area contributed by atoms with Gasteiger partial charge in [0.25, 0.3) is 0 Å². The molecule has 0 saturated carbocycles. The van der Waals surface area contributed by atoms with Crippen LogP contribution in [0.3, 0.4) is 0 Å². The third-order valence-electron chi connectivity index (χ3n) is 5.90. The number of aromatic hydroxyl groups is 2. The van der Waals surface area contributed by atoms with Crippen LogP contribution in [0.25, 0.3) is 11.1 Å². The lowest BCUT2D eigenvalue weighted by Gasteiger charge is -2.42. The summed E-state index contributed by atoms with van der Waals surface area (Å²) in [4.78, 5) is 4.52. The minimum absolute atomic E-state index is 0.182. The van der Waals surface area contributed by atoms with E-state index in [9.17, 15) is 15.5 Å². The Bertz CT molecular complexity index is 911. The van der Waals surface area contributed by atoms with Crippen LogP contribution in [-0.2, 0) is 12.8 Å². The molecule has 1 aliphatic carbocycles. The van der Waals surface area contributed by atoms with E-state index in [0.717, 1.165) is 62.0 Å². The predicted molar refractivity (Wildman–Crippen MR) is 98.7 cm³/mol. The van der Waals surface area contributed by atoms with Gasteiger partial charge in [0.05, 0.1) is 0 Å². The van der Waals surface area contributed by atoms with E-state index in [-0.39, 0.29) is 22.7 Å². The summed E-state index contributed by atoms with van der Waals surface area (Å²) >= 11 is 0. The predicted octanol–water partition coefficient (Wildman–Crippen LogP) is 2.47. The van der Waals surface area contributed by atoms with Crippen LogP contribution in [0.4, 0.5) is 5.82 Å². The largest absolute Gasteiger partial charge is 0.504 e. The van der Waals surface area contributed by atoms with Crippen molar-refractivity contribution in [2.75, 3.05) is 18.8 Å². The van der Waals surface area contributed by atoms with Crippen LogP contribution >= 0.6 is 0 Å². The summed E-state index contributed by atoms with van der Waals surface area (Å²) in [5.74, 6) is -0.157. The van der Waals surface area contributed by atoms with Crippen LogP contribution in [0, 0.1) is 16.7 Å². The van der Waals surface area contributed by atoms with Gasteiger partial charge in [0.1, 0.15) is 17.5 Å². The molecule has 6 nitrogen and oxygen atoms in total. The third-order valence-corrected chi connectivity index (χ3v) is 5.90. The van der Waals surface area contributed by atoms with Gasteiger partial charge in [0.2, 0.25) is 0 Å². The molecule has 4 rings (SSSR count). The Morgan fingerprint density at radius 3 is 2.62 bits per heavy atom. The number of piperidine rings is 1. The molecular weight excluding hydrogens is 328 g/mol. The van der Waals surface area contributed by atoms with Gasteiger partial charge in [0, 0.05) is 11.3 Å². The maximum Gasteiger partial charge on any atom is 0.158 e. The lowest BCUT2D eigenvalue weighted by Crippen LogP contribution is -2.40. The Hall–Kier alpha value is -2.78. The number of aromatic nitrogens is 1. The summed E-state index contributed by atoms with van der Waals surface area (Å²) in [6.45, 7) is 2.02. The molecule has 1 aromatic carbocycles. The van der Waals surface area contributed by atoms with Gasteiger partial charge in [-0.3, -0.25) is 0 Å². The van der Waals surface area contributed by atoms with Crippen LogP contribution in [0.2, 0.25) is 0 Å². The number of pyridine rings is 1. The molecule has 0 bridgehead atoms. The fourth-order valence-corrected chi connectivity index (χ4v) is 4.43. The number of nitrogens with one attached hydrogen (secondary N) is 1. The van der Waals surface area contributed by atoms with Crippen molar-refractivity contribution in [3.05, 3.63) is 35.0 Å². The highest BCUT2D eigenvalue weighted by Gasteiger charge is 2.38. The van der Waals surface area contributed by atoms with Crippen molar-refractivity contribution >= 4 is 5.82 Å². The number of phenols is 2. The number of fused-ring (bicyclic) bond motifs is 1. The molecule has 1 fully saturated rings. The lowest BCUT2D eigenvalue weighted by atomic mass is 9.66. The van der Waals surface area contributed by atoms with Crippen molar-refractivity contribution in [3.8, 4) is 28.7 Å². The molecule has 2 heterocycles. The zero-order chi connectivity index (χ0) is 18.3. The quantitative estimate of drug-likeness (QED) is 0.587. The summed E-state index contributed by atoms with van der Waals surface area (Å²) in [5.41, 5.74) is 10.1. The summed E-state index contributed by atoms with van der Waals surface area (Å²) in [7, 11) is 0. The van der Waals surface area contributed by atoms with Crippen LogP contribution in [0.15, 0.2) is 18.2 Å². The van der Waals surface area contributed by atoms with Gasteiger partial charge in [-0.15, -0.1) is 0 Å². The van der Waals surface area contributed by atoms with Crippen LogP contribution in [0.5, 0.6) is 11.5 Å². The van der Waals surface area contributed by atoms with Gasteiger partial charge in [-0.05, 0) is 73.9 Å². The standard InChI is InChI=1S/C20H22N4O2/c21-11-14-18(12-1-2-16(25)17(26)9-12)13-10-20(5-7-23-8-6-20)4-3-15(13)24-19(14)22/h1-2,9,23,25-26H,3-8,10H2,(H2,22,24). The molecule has 134 valence electrons.